The molecule has 5 nitrogen and oxygen atoms in total. The van der Waals surface area contributed by atoms with Crippen molar-refractivity contribution >= 4 is 17.5 Å². The quantitative estimate of drug-likeness (QED) is 0.500. The lowest BCUT2D eigenvalue weighted by atomic mass is 9.66. The number of esters is 1. The number of hydrogen-bond donors (Lipinski definition) is 0. The molecule has 0 radical (unpaired) electrons. The van der Waals surface area contributed by atoms with Gasteiger partial charge in [-0.05, 0) is 30.6 Å². The number of Topliss-reactive ketones (excluding diaryl/α,β-unsaturated/α-hetero) is 2. The van der Waals surface area contributed by atoms with E-state index in [0.717, 1.165) is 12.8 Å². The SMILES string of the molecule is C[C@H]1CO[C@H]2C(=O)C3=C4OC(=O)C5=C4[C@@](C)(CCC5=O)CC[C@]3(C)[C@@H]12. The minimum absolute atomic E-state index is 0.0457. The van der Waals surface area contributed by atoms with Crippen molar-refractivity contribution in [2.75, 3.05) is 6.61 Å². The molecule has 0 unspecified atom stereocenters. The van der Waals surface area contributed by atoms with Crippen molar-refractivity contribution < 1.29 is 23.9 Å². The van der Waals surface area contributed by atoms with E-state index < -0.39 is 12.1 Å². The summed E-state index contributed by atoms with van der Waals surface area (Å²) in [4.78, 5) is 38.0. The Hall–Kier alpha value is -1.75. The van der Waals surface area contributed by atoms with Crippen molar-refractivity contribution in [3.05, 3.63) is 22.5 Å². The van der Waals surface area contributed by atoms with Crippen LogP contribution in [0.3, 0.4) is 0 Å². The molecule has 0 aromatic carbocycles. The van der Waals surface area contributed by atoms with Crippen molar-refractivity contribution in [2.45, 2.75) is 52.6 Å². The number of carbonyl (C=O) groups is 3. The molecule has 1 saturated carbocycles. The van der Waals surface area contributed by atoms with Gasteiger partial charge in [0, 0.05) is 28.9 Å². The van der Waals surface area contributed by atoms with Crippen LogP contribution in [-0.4, -0.2) is 30.2 Å². The molecule has 0 N–H and O–H groups in total. The molecule has 5 aliphatic rings. The van der Waals surface area contributed by atoms with Gasteiger partial charge in [0.25, 0.3) is 0 Å². The molecule has 0 amide bonds. The van der Waals surface area contributed by atoms with Crippen molar-refractivity contribution in [1.82, 2.24) is 0 Å². The lowest BCUT2D eigenvalue weighted by Gasteiger charge is -2.36. The summed E-state index contributed by atoms with van der Waals surface area (Å²) >= 11 is 0. The van der Waals surface area contributed by atoms with Gasteiger partial charge in [-0.15, -0.1) is 0 Å². The first kappa shape index (κ1) is 15.5. The zero-order chi connectivity index (χ0) is 17.7. The van der Waals surface area contributed by atoms with Crippen LogP contribution in [0.5, 0.6) is 0 Å². The molecule has 2 heterocycles. The second-order valence-corrected chi connectivity index (χ2v) is 8.87. The van der Waals surface area contributed by atoms with Crippen LogP contribution >= 0.6 is 0 Å². The summed E-state index contributed by atoms with van der Waals surface area (Å²) < 4.78 is 11.4. The summed E-state index contributed by atoms with van der Waals surface area (Å²) in [5.41, 5.74) is 0.862. The third kappa shape index (κ3) is 1.65. The molecule has 2 fully saturated rings. The molecule has 0 aromatic heterocycles. The first-order valence-electron chi connectivity index (χ1n) is 9.19. The van der Waals surface area contributed by atoms with Crippen molar-refractivity contribution in [3.8, 4) is 0 Å². The van der Waals surface area contributed by atoms with Gasteiger partial charge < -0.3 is 9.47 Å². The minimum atomic E-state index is -0.573. The first-order chi connectivity index (χ1) is 11.8. The van der Waals surface area contributed by atoms with E-state index in [4.69, 9.17) is 9.47 Å². The van der Waals surface area contributed by atoms with Crippen molar-refractivity contribution in [3.63, 3.8) is 0 Å². The Morgan fingerprint density at radius 3 is 2.56 bits per heavy atom. The summed E-state index contributed by atoms with van der Waals surface area (Å²) in [6.07, 6.45) is 2.36. The topological polar surface area (TPSA) is 69.7 Å². The third-order valence-electron chi connectivity index (χ3n) is 7.37. The molecule has 0 spiro atoms. The van der Waals surface area contributed by atoms with E-state index in [1.807, 2.05) is 0 Å². The van der Waals surface area contributed by atoms with Crippen LogP contribution < -0.4 is 0 Å². The highest BCUT2D eigenvalue weighted by Gasteiger charge is 2.64. The van der Waals surface area contributed by atoms with Gasteiger partial charge in [0.1, 0.15) is 17.4 Å². The van der Waals surface area contributed by atoms with Gasteiger partial charge in [-0.2, -0.15) is 0 Å². The van der Waals surface area contributed by atoms with Gasteiger partial charge in [0.05, 0.1) is 6.61 Å². The van der Waals surface area contributed by atoms with Gasteiger partial charge in [-0.1, -0.05) is 20.8 Å². The number of hydrogen-bond acceptors (Lipinski definition) is 5. The molecule has 5 atom stereocenters. The fourth-order valence-electron chi connectivity index (χ4n) is 6.06. The van der Waals surface area contributed by atoms with E-state index in [-0.39, 0.29) is 39.8 Å². The van der Waals surface area contributed by atoms with Crippen LogP contribution in [0.4, 0.5) is 0 Å². The molecule has 3 aliphatic carbocycles. The molecule has 0 aromatic rings. The van der Waals surface area contributed by atoms with Crippen LogP contribution in [-0.2, 0) is 23.9 Å². The second kappa shape index (κ2) is 4.50. The average molecular weight is 342 g/mol. The predicted octanol–water partition coefficient (Wildman–Crippen LogP) is 2.50. The van der Waals surface area contributed by atoms with Crippen LogP contribution in [0.1, 0.15) is 46.5 Å². The van der Waals surface area contributed by atoms with Gasteiger partial charge in [0.15, 0.2) is 11.6 Å². The standard InChI is InChI=1S/C20H22O5/c1-9-8-24-17-12(9)20(3)7-6-19(2)5-4-10(21)11-13(19)16(25-18(11)23)14(20)15(17)22/h9,12,17H,4-8H2,1-3H3/t9-,12-,17+,19-,20+/m0/s1. The maximum absolute atomic E-state index is 13.2. The minimum Gasteiger partial charge on any atom is -0.422 e. The third-order valence-corrected chi connectivity index (χ3v) is 7.37. The van der Waals surface area contributed by atoms with E-state index in [0.29, 0.717) is 36.4 Å². The molecule has 1 saturated heterocycles. The van der Waals surface area contributed by atoms with Crippen molar-refractivity contribution in [1.29, 1.82) is 0 Å². The van der Waals surface area contributed by atoms with Crippen molar-refractivity contribution in [2.24, 2.45) is 22.7 Å². The second-order valence-electron chi connectivity index (χ2n) is 8.87. The summed E-state index contributed by atoms with van der Waals surface area (Å²) in [6, 6.07) is 0. The van der Waals surface area contributed by atoms with Gasteiger partial charge in [-0.25, -0.2) is 4.79 Å². The van der Waals surface area contributed by atoms with E-state index in [1.165, 1.54) is 0 Å². The average Bonchev–Trinajstić information content (AvgIpc) is 3.15. The summed E-state index contributed by atoms with van der Waals surface area (Å²) in [6.45, 7) is 6.96. The Morgan fingerprint density at radius 2 is 1.80 bits per heavy atom. The zero-order valence-electron chi connectivity index (χ0n) is 14.8. The number of carbonyl (C=O) groups excluding carboxylic acids is 3. The Morgan fingerprint density at radius 1 is 1.04 bits per heavy atom. The van der Waals surface area contributed by atoms with Crippen LogP contribution in [0.2, 0.25) is 0 Å². The number of ketones is 2. The van der Waals surface area contributed by atoms with Gasteiger partial charge >= 0.3 is 5.97 Å². The summed E-state index contributed by atoms with van der Waals surface area (Å²) in [5, 5.41) is 0. The summed E-state index contributed by atoms with van der Waals surface area (Å²) in [7, 11) is 0. The molecule has 0 bridgehead atoms. The fraction of sp³-hybridized carbons (Fsp3) is 0.650. The van der Waals surface area contributed by atoms with E-state index in [1.54, 1.807) is 0 Å². The normalized spacial score (nSPS) is 45.4. The van der Waals surface area contributed by atoms with E-state index in [2.05, 4.69) is 20.8 Å². The molecule has 25 heavy (non-hydrogen) atoms. The smallest absolute Gasteiger partial charge is 0.347 e. The van der Waals surface area contributed by atoms with Crippen LogP contribution in [0, 0.1) is 22.7 Å². The van der Waals surface area contributed by atoms with Gasteiger partial charge in [0.2, 0.25) is 0 Å². The molecular formula is C20H22O5. The zero-order valence-corrected chi connectivity index (χ0v) is 14.8. The number of allylic oxidation sites excluding steroid dienone is 1. The molecule has 5 rings (SSSR count). The number of ether oxygens (including phenoxy) is 2. The molecule has 132 valence electrons. The number of rotatable bonds is 0. The lowest BCUT2D eigenvalue weighted by Crippen LogP contribution is -2.32. The van der Waals surface area contributed by atoms with Crippen LogP contribution in [0.25, 0.3) is 0 Å². The van der Waals surface area contributed by atoms with Gasteiger partial charge in [-0.3, -0.25) is 9.59 Å². The Labute approximate surface area is 146 Å². The molecular weight excluding hydrogens is 320 g/mol. The number of fused-ring (bicyclic) bond motifs is 3. The predicted molar refractivity (Wildman–Crippen MR) is 87.2 cm³/mol. The fourth-order valence-corrected chi connectivity index (χ4v) is 6.06. The summed E-state index contributed by atoms with van der Waals surface area (Å²) in [5.74, 6) is 0.0346. The largest absolute Gasteiger partial charge is 0.422 e. The first-order valence-corrected chi connectivity index (χ1v) is 9.19. The lowest BCUT2D eigenvalue weighted by molar-refractivity contribution is -0.135. The maximum atomic E-state index is 13.2. The van der Waals surface area contributed by atoms with Crippen LogP contribution in [0.15, 0.2) is 22.5 Å². The molecule has 5 heteroatoms. The van der Waals surface area contributed by atoms with E-state index >= 15 is 0 Å². The highest BCUT2D eigenvalue weighted by atomic mass is 16.5. The highest BCUT2D eigenvalue weighted by Crippen LogP contribution is 2.63. The Kier molecular flexibility index (Phi) is 2.79. The Balaban J connectivity index is 1.81. The monoisotopic (exact) mass is 342 g/mol. The highest BCUT2D eigenvalue weighted by molar-refractivity contribution is 6.22. The molecule has 2 aliphatic heterocycles. The maximum Gasteiger partial charge on any atom is 0.347 e. The Bertz CT molecular complexity index is 818. The van der Waals surface area contributed by atoms with E-state index in [9.17, 15) is 14.4 Å².